The fraction of sp³-hybridized carbons (Fsp3) is 0.407. The Morgan fingerprint density at radius 2 is 1.71 bits per heavy atom. The Labute approximate surface area is 212 Å². The lowest BCUT2D eigenvalue weighted by Gasteiger charge is -2.32. The van der Waals surface area contributed by atoms with Crippen LogP contribution in [-0.4, -0.2) is 16.2 Å². The highest BCUT2D eigenvalue weighted by Crippen LogP contribution is 2.41. The van der Waals surface area contributed by atoms with Gasteiger partial charge in [-0.25, -0.2) is 4.39 Å². The number of rotatable bonds is 7. The van der Waals surface area contributed by atoms with E-state index >= 15 is 4.39 Å². The van der Waals surface area contributed by atoms with E-state index in [9.17, 15) is 4.79 Å². The molecule has 0 bridgehead atoms. The second-order valence-corrected chi connectivity index (χ2v) is 9.41. The van der Waals surface area contributed by atoms with Gasteiger partial charge in [-0.2, -0.15) is 5.10 Å². The van der Waals surface area contributed by atoms with E-state index in [1.54, 1.807) is 18.2 Å². The Morgan fingerprint density at radius 1 is 1.06 bits per heavy atom. The quantitative estimate of drug-likeness (QED) is 0.302. The number of nitrogens with zero attached hydrogens (tertiary/aromatic N) is 3. The molecule has 1 heterocycles. The predicted molar refractivity (Wildman–Crippen MR) is 141 cm³/mol. The van der Waals surface area contributed by atoms with Crippen LogP contribution in [0.2, 0.25) is 10.0 Å². The molecule has 1 atom stereocenters. The fourth-order valence-electron chi connectivity index (χ4n) is 4.12. The first-order chi connectivity index (χ1) is 16.1. The maximum atomic E-state index is 15.1. The topological polar surface area (TPSA) is 38.1 Å². The zero-order chi connectivity index (χ0) is 25.7. The minimum Gasteiger partial charge on any atom is -0.300 e. The summed E-state index contributed by atoms with van der Waals surface area (Å²) in [5, 5.41) is 5.37. The van der Waals surface area contributed by atoms with Gasteiger partial charge in [-0.3, -0.25) is 9.48 Å². The Hall–Kier alpha value is -2.37. The highest BCUT2D eigenvalue weighted by molar-refractivity contribution is 6.31. The lowest BCUT2D eigenvalue weighted by molar-refractivity contribution is -0.107. The molecule has 7 heteroatoms. The van der Waals surface area contributed by atoms with Crippen LogP contribution in [0.1, 0.15) is 87.6 Å². The van der Waals surface area contributed by atoms with Crippen molar-refractivity contribution >= 4 is 35.3 Å². The third-order valence-electron chi connectivity index (χ3n) is 5.67. The van der Waals surface area contributed by atoms with Crippen molar-refractivity contribution in [1.82, 2.24) is 9.78 Å². The van der Waals surface area contributed by atoms with E-state index in [4.69, 9.17) is 28.3 Å². The number of aryl methyl sites for hydroxylation is 1. The van der Waals surface area contributed by atoms with Crippen LogP contribution < -0.4 is 4.90 Å². The Morgan fingerprint density at radius 3 is 2.26 bits per heavy atom. The van der Waals surface area contributed by atoms with Gasteiger partial charge in [0.05, 0.1) is 22.4 Å². The third kappa shape index (κ3) is 5.47. The summed E-state index contributed by atoms with van der Waals surface area (Å²) in [6.07, 6.45) is 0.649. The molecule has 3 rings (SSSR count). The molecule has 0 radical (unpaired) electrons. The molecule has 4 nitrogen and oxygen atoms in total. The number of hydrogen-bond donors (Lipinski definition) is 0. The predicted octanol–water partition coefficient (Wildman–Crippen LogP) is 8.43. The first-order valence-electron chi connectivity index (χ1n) is 11.6. The van der Waals surface area contributed by atoms with Gasteiger partial charge in [-0.05, 0) is 69.0 Å². The second-order valence-electron chi connectivity index (χ2n) is 8.57. The molecule has 0 aliphatic heterocycles. The molecule has 3 aromatic rings. The van der Waals surface area contributed by atoms with Crippen molar-refractivity contribution in [3.63, 3.8) is 0 Å². The van der Waals surface area contributed by atoms with E-state index in [1.165, 1.54) is 11.0 Å². The molecule has 0 fully saturated rings. The van der Waals surface area contributed by atoms with E-state index in [2.05, 4.69) is 27.7 Å². The maximum absolute atomic E-state index is 15.1. The van der Waals surface area contributed by atoms with E-state index in [0.717, 1.165) is 28.1 Å². The number of aromatic nitrogens is 2. The van der Waals surface area contributed by atoms with Gasteiger partial charge in [0.2, 0.25) is 6.41 Å². The normalized spacial score (nSPS) is 11.9. The third-order valence-corrected chi connectivity index (χ3v) is 6.20. The molecular formula is C27H34Cl2FN3O. The zero-order valence-corrected chi connectivity index (χ0v) is 22.7. The highest BCUT2D eigenvalue weighted by Gasteiger charge is 2.33. The van der Waals surface area contributed by atoms with Crippen LogP contribution in [0.4, 0.5) is 10.1 Å². The number of halogens is 3. The minimum absolute atomic E-state index is 0.0467. The number of carbonyl (C=O) groups is 1. The van der Waals surface area contributed by atoms with E-state index in [1.807, 2.05) is 44.5 Å². The van der Waals surface area contributed by atoms with Gasteiger partial charge in [0.1, 0.15) is 0 Å². The van der Waals surface area contributed by atoms with Crippen molar-refractivity contribution in [1.29, 1.82) is 0 Å². The summed E-state index contributed by atoms with van der Waals surface area (Å²) in [5.74, 6) is -0.561. The minimum atomic E-state index is -0.647. The number of carbonyl (C=O) groups excluding carboxylic acids is 1. The van der Waals surface area contributed by atoms with Crippen molar-refractivity contribution in [3.05, 3.63) is 80.3 Å². The lowest BCUT2D eigenvalue weighted by Crippen LogP contribution is -2.31. The summed E-state index contributed by atoms with van der Waals surface area (Å²) in [4.78, 5) is 13.9. The first-order valence-corrected chi connectivity index (χ1v) is 12.4. The molecule has 1 unspecified atom stereocenters. The fourth-order valence-corrected chi connectivity index (χ4v) is 4.47. The van der Waals surface area contributed by atoms with E-state index in [-0.39, 0.29) is 22.7 Å². The van der Waals surface area contributed by atoms with Crippen LogP contribution in [0.3, 0.4) is 0 Å². The number of amides is 1. The number of anilines is 1. The van der Waals surface area contributed by atoms with Crippen LogP contribution >= 0.6 is 23.2 Å². The zero-order valence-electron chi connectivity index (χ0n) is 21.2. The van der Waals surface area contributed by atoms with Crippen molar-refractivity contribution in [2.75, 3.05) is 4.90 Å². The summed E-state index contributed by atoms with van der Waals surface area (Å²) < 4.78 is 17.1. The molecule has 34 heavy (non-hydrogen) atoms. The molecule has 0 aliphatic rings. The molecule has 0 aliphatic carbocycles. The first kappa shape index (κ1) is 27.9. The SMILES string of the molecule is CC.Cc1ccc(Cl)cc1C(c1c(C(C)C)nn(C(C)C)c1C)N(C=O)c1cccc(Cl)c1F. The highest BCUT2D eigenvalue weighted by atomic mass is 35.5. The van der Waals surface area contributed by atoms with Crippen LogP contribution in [0.25, 0.3) is 0 Å². The largest absolute Gasteiger partial charge is 0.300 e. The van der Waals surface area contributed by atoms with Crippen molar-refractivity contribution in [2.45, 2.75) is 73.4 Å². The van der Waals surface area contributed by atoms with E-state index < -0.39 is 11.9 Å². The van der Waals surface area contributed by atoms with Gasteiger partial charge in [-0.15, -0.1) is 0 Å². The Balaban J connectivity index is 0.00000199. The molecule has 1 aromatic heterocycles. The summed E-state index contributed by atoms with van der Waals surface area (Å²) in [7, 11) is 0. The van der Waals surface area contributed by atoms with Gasteiger partial charge >= 0.3 is 0 Å². The molecule has 2 aromatic carbocycles. The van der Waals surface area contributed by atoms with Crippen molar-refractivity contribution in [3.8, 4) is 0 Å². The molecule has 0 N–H and O–H groups in total. The van der Waals surface area contributed by atoms with Gasteiger partial charge in [0.25, 0.3) is 0 Å². The number of hydrogen-bond acceptors (Lipinski definition) is 2. The lowest BCUT2D eigenvalue weighted by atomic mass is 9.89. The maximum Gasteiger partial charge on any atom is 0.215 e. The molecule has 0 spiro atoms. The van der Waals surface area contributed by atoms with Crippen LogP contribution in [0.15, 0.2) is 36.4 Å². The smallest absolute Gasteiger partial charge is 0.215 e. The van der Waals surface area contributed by atoms with E-state index in [0.29, 0.717) is 11.4 Å². The van der Waals surface area contributed by atoms with Crippen LogP contribution in [0.5, 0.6) is 0 Å². The standard InChI is InChI=1S/C25H28Cl2FN3O.C2H6/c1-14(2)24-22(17(6)31(29-24)15(3)4)25(19-12-18(26)11-10-16(19)5)30(13-32)21-9-7-8-20(27)23(21)28;1-2/h7-15,25H,1-6H3;1-2H3. The van der Waals surface area contributed by atoms with Crippen molar-refractivity contribution < 1.29 is 9.18 Å². The molecular weight excluding hydrogens is 472 g/mol. The second kappa shape index (κ2) is 11.9. The average molecular weight is 506 g/mol. The van der Waals surface area contributed by atoms with Crippen LogP contribution in [-0.2, 0) is 4.79 Å². The van der Waals surface area contributed by atoms with Gasteiger partial charge in [0.15, 0.2) is 5.82 Å². The van der Waals surface area contributed by atoms with Gasteiger partial charge < -0.3 is 4.90 Å². The summed E-state index contributed by atoms with van der Waals surface area (Å²) in [5.41, 5.74) is 4.48. The molecule has 0 saturated carbocycles. The summed E-state index contributed by atoms with van der Waals surface area (Å²) >= 11 is 12.4. The number of benzene rings is 2. The molecule has 0 saturated heterocycles. The summed E-state index contributed by atoms with van der Waals surface area (Å²) in [6.45, 7) is 16.2. The Bertz CT molecular complexity index is 1140. The summed E-state index contributed by atoms with van der Waals surface area (Å²) in [6, 6.07) is 9.67. The average Bonchev–Trinajstić information content (AvgIpc) is 3.15. The van der Waals surface area contributed by atoms with Gasteiger partial charge in [0, 0.05) is 22.3 Å². The molecule has 1 amide bonds. The monoisotopic (exact) mass is 505 g/mol. The van der Waals surface area contributed by atoms with Crippen LogP contribution in [0, 0.1) is 19.7 Å². The Kier molecular flexibility index (Phi) is 9.72. The van der Waals surface area contributed by atoms with Gasteiger partial charge in [-0.1, -0.05) is 63.0 Å². The van der Waals surface area contributed by atoms with Crippen molar-refractivity contribution in [2.24, 2.45) is 0 Å². The molecule has 184 valence electrons.